The van der Waals surface area contributed by atoms with Gasteiger partial charge in [-0.25, -0.2) is 8.42 Å². The van der Waals surface area contributed by atoms with Crippen molar-refractivity contribution >= 4 is 39.1 Å². The highest BCUT2D eigenvalue weighted by Gasteiger charge is 2.31. The molecule has 36 heavy (non-hydrogen) atoms. The van der Waals surface area contributed by atoms with Gasteiger partial charge in [-0.05, 0) is 61.7 Å². The molecule has 2 aromatic rings. The van der Waals surface area contributed by atoms with Crippen molar-refractivity contribution in [2.45, 2.75) is 57.7 Å². The van der Waals surface area contributed by atoms with Gasteiger partial charge in [0.2, 0.25) is 21.8 Å². The maximum atomic E-state index is 13.6. The lowest BCUT2D eigenvalue weighted by Crippen LogP contribution is -2.52. The van der Waals surface area contributed by atoms with Crippen molar-refractivity contribution in [1.29, 1.82) is 0 Å². The molecule has 2 aromatic carbocycles. The van der Waals surface area contributed by atoms with Gasteiger partial charge in [-0.1, -0.05) is 43.0 Å². The lowest BCUT2D eigenvalue weighted by atomic mass is 9.95. The molecule has 10 heteroatoms. The van der Waals surface area contributed by atoms with Crippen LogP contribution in [0.4, 0.5) is 5.69 Å². The number of anilines is 1. The van der Waals surface area contributed by atoms with E-state index in [4.69, 9.17) is 16.3 Å². The van der Waals surface area contributed by atoms with Crippen molar-refractivity contribution in [3.63, 3.8) is 0 Å². The molecule has 8 nitrogen and oxygen atoms in total. The van der Waals surface area contributed by atoms with E-state index in [0.717, 1.165) is 48.2 Å². The highest BCUT2D eigenvalue weighted by molar-refractivity contribution is 7.92. The van der Waals surface area contributed by atoms with Gasteiger partial charge in [-0.2, -0.15) is 0 Å². The standard InChI is InChI=1S/C26H34ClN3O5S/c1-19(26(32)28-22-10-5-4-6-11-22)29(17-20-8-7-9-21(27)16-20)25(31)18-30(36(3,33)34)23-12-14-24(35-2)15-13-23/h7-9,12-16,19,22H,4-6,10-11,17-18H2,1-3H3,(H,28,32). The first-order valence-corrected chi connectivity index (χ1v) is 14.3. The summed E-state index contributed by atoms with van der Waals surface area (Å²) in [4.78, 5) is 28.2. The number of hydrogen-bond donors (Lipinski definition) is 1. The lowest BCUT2D eigenvalue weighted by Gasteiger charge is -2.33. The predicted molar refractivity (Wildman–Crippen MR) is 142 cm³/mol. The molecule has 0 aromatic heterocycles. The van der Waals surface area contributed by atoms with Crippen molar-refractivity contribution in [2.24, 2.45) is 0 Å². The summed E-state index contributed by atoms with van der Waals surface area (Å²) in [7, 11) is -2.28. The molecular formula is C26H34ClN3O5S. The largest absolute Gasteiger partial charge is 0.497 e. The van der Waals surface area contributed by atoms with Crippen LogP contribution < -0.4 is 14.4 Å². The minimum Gasteiger partial charge on any atom is -0.497 e. The molecule has 0 spiro atoms. The number of ether oxygens (including phenoxy) is 1. The second kappa shape index (κ2) is 12.5. The fourth-order valence-electron chi connectivity index (χ4n) is 4.35. The van der Waals surface area contributed by atoms with Gasteiger partial charge in [-0.3, -0.25) is 13.9 Å². The molecule has 1 unspecified atom stereocenters. The third kappa shape index (κ3) is 7.61. The summed E-state index contributed by atoms with van der Waals surface area (Å²) in [5, 5.41) is 3.58. The Morgan fingerprint density at radius 1 is 1.11 bits per heavy atom. The molecule has 1 aliphatic carbocycles. The molecule has 0 bridgehead atoms. The molecule has 0 heterocycles. The van der Waals surface area contributed by atoms with Crippen LogP contribution in [-0.4, -0.2) is 57.1 Å². The van der Waals surface area contributed by atoms with Crippen molar-refractivity contribution in [1.82, 2.24) is 10.2 Å². The van der Waals surface area contributed by atoms with E-state index in [2.05, 4.69) is 5.32 Å². The molecule has 1 fully saturated rings. The average molecular weight is 536 g/mol. The van der Waals surface area contributed by atoms with Crippen LogP contribution in [0.3, 0.4) is 0 Å². The number of halogens is 1. The Balaban J connectivity index is 1.86. The molecule has 1 aliphatic rings. The molecule has 0 aliphatic heterocycles. The zero-order valence-corrected chi connectivity index (χ0v) is 22.5. The van der Waals surface area contributed by atoms with E-state index in [9.17, 15) is 18.0 Å². The van der Waals surface area contributed by atoms with Gasteiger partial charge in [0.25, 0.3) is 0 Å². The molecule has 0 radical (unpaired) electrons. The van der Waals surface area contributed by atoms with Gasteiger partial charge < -0.3 is 15.0 Å². The normalized spacial score (nSPS) is 15.1. The molecule has 1 atom stereocenters. The monoisotopic (exact) mass is 535 g/mol. The summed E-state index contributed by atoms with van der Waals surface area (Å²) in [6, 6.07) is 12.7. The second-order valence-corrected chi connectivity index (χ2v) is 11.5. The molecule has 3 rings (SSSR count). The second-order valence-electron chi connectivity index (χ2n) is 9.14. The number of methoxy groups -OCH3 is 1. The third-order valence-electron chi connectivity index (χ3n) is 6.40. The van der Waals surface area contributed by atoms with Crippen LogP contribution in [0.15, 0.2) is 48.5 Å². The SMILES string of the molecule is COc1ccc(N(CC(=O)N(Cc2cccc(Cl)c2)C(C)C(=O)NC2CCCCC2)S(C)(=O)=O)cc1. The van der Waals surface area contributed by atoms with E-state index in [1.807, 2.05) is 6.07 Å². The Labute approximate surface area is 218 Å². The van der Waals surface area contributed by atoms with Crippen LogP contribution in [0.25, 0.3) is 0 Å². The summed E-state index contributed by atoms with van der Waals surface area (Å²) in [5.74, 6) is -0.190. The molecule has 1 saturated carbocycles. The summed E-state index contributed by atoms with van der Waals surface area (Å²) >= 11 is 6.15. The summed E-state index contributed by atoms with van der Waals surface area (Å²) in [5.41, 5.74) is 1.07. The Morgan fingerprint density at radius 3 is 2.36 bits per heavy atom. The van der Waals surface area contributed by atoms with Crippen LogP contribution in [0, 0.1) is 0 Å². The van der Waals surface area contributed by atoms with Gasteiger partial charge in [0.1, 0.15) is 18.3 Å². The van der Waals surface area contributed by atoms with E-state index in [1.54, 1.807) is 49.4 Å². The van der Waals surface area contributed by atoms with E-state index in [0.29, 0.717) is 16.5 Å². The number of carbonyl (C=O) groups excluding carboxylic acids is 2. The number of sulfonamides is 1. The molecule has 0 saturated heterocycles. The number of carbonyl (C=O) groups is 2. The quantitative estimate of drug-likeness (QED) is 0.496. The van der Waals surface area contributed by atoms with Crippen LogP contribution in [-0.2, 0) is 26.2 Å². The van der Waals surface area contributed by atoms with Crippen molar-refractivity contribution in [3.8, 4) is 5.75 Å². The maximum absolute atomic E-state index is 13.6. The van der Waals surface area contributed by atoms with Crippen molar-refractivity contribution < 1.29 is 22.7 Å². The van der Waals surface area contributed by atoms with Crippen LogP contribution in [0.5, 0.6) is 5.75 Å². The first kappa shape index (κ1) is 27.8. The molecule has 1 N–H and O–H groups in total. The fourth-order valence-corrected chi connectivity index (χ4v) is 5.41. The number of benzene rings is 2. The molecular weight excluding hydrogens is 502 g/mol. The van der Waals surface area contributed by atoms with Gasteiger partial charge in [-0.15, -0.1) is 0 Å². The average Bonchev–Trinajstić information content (AvgIpc) is 2.85. The Morgan fingerprint density at radius 2 is 1.78 bits per heavy atom. The fraction of sp³-hybridized carbons (Fsp3) is 0.462. The Kier molecular flexibility index (Phi) is 9.62. The van der Waals surface area contributed by atoms with Crippen LogP contribution in [0.1, 0.15) is 44.6 Å². The number of hydrogen-bond acceptors (Lipinski definition) is 5. The predicted octanol–water partition coefficient (Wildman–Crippen LogP) is 3.98. The van der Waals surface area contributed by atoms with Gasteiger partial charge in [0, 0.05) is 17.6 Å². The summed E-state index contributed by atoms with van der Waals surface area (Å²) in [6.07, 6.45) is 6.17. The number of nitrogens with one attached hydrogen (secondary N) is 1. The van der Waals surface area contributed by atoms with Crippen LogP contribution >= 0.6 is 11.6 Å². The zero-order valence-electron chi connectivity index (χ0n) is 20.9. The van der Waals surface area contributed by atoms with Crippen LogP contribution in [0.2, 0.25) is 5.02 Å². The topological polar surface area (TPSA) is 96.0 Å². The first-order valence-electron chi connectivity index (χ1n) is 12.0. The first-order chi connectivity index (χ1) is 17.1. The Bertz CT molecular complexity index is 1150. The van der Waals surface area contributed by atoms with E-state index in [-0.39, 0.29) is 18.5 Å². The highest BCUT2D eigenvalue weighted by atomic mass is 35.5. The number of nitrogens with zero attached hydrogens (tertiary/aromatic N) is 2. The zero-order chi connectivity index (χ0) is 26.3. The number of amides is 2. The summed E-state index contributed by atoms with van der Waals surface area (Å²) in [6.45, 7) is 1.32. The van der Waals surface area contributed by atoms with Gasteiger partial charge >= 0.3 is 0 Å². The minimum atomic E-state index is -3.79. The minimum absolute atomic E-state index is 0.0867. The third-order valence-corrected chi connectivity index (χ3v) is 7.78. The van der Waals surface area contributed by atoms with E-state index >= 15 is 0 Å². The van der Waals surface area contributed by atoms with Gasteiger partial charge in [0.15, 0.2) is 0 Å². The van der Waals surface area contributed by atoms with Crippen molar-refractivity contribution in [3.05, 3.63) is 59.1 Å². The summed E-state index contributed by atoms with van der Waals surface area (Å²) < 4.78 is 31.5. The number of rotatable bonds is 10. The van der Waals surface area contributed by atoms with Gasteiger partial charge in [0.05, 0.1) is 19.1 Å². The highest BCUT2D eigenvalue weighted by Crippen LogP contribution is 2.23. The molecule has 196 valence electrons. The van der Waals surface area contributed by atoms with Crippen molar-refractivity contribution in [2.75, 3.05) is 24.2 Å². The molecule has 2 amide bonds. The maximum Gasteiger partial charge on any atom is 0.244 e. The lowest BCUT2D eigenvalue weighted by molar-refractivity contribution is -0.139. The van der Waals surface area contributed by atoms with E-state index < -0.39 is 28.5 Å². The van der Waals surface area contributed by atoms with E-state index in [1.165, 1.54) is 12.0 Å². The smallest absolute Gasteiger partial charge is 0.244 e. The Hall–Kier alpha value is -2.78.